The predicted octanol–water partition coefficient (Wildman–Crippen LogP) is 3.20. The molecule has 0 fully saturated rings. The summed E-state index contributed by atoms with van der Waals surface area (Å²) >= 11 is 0. The molecule has 0 unspecified atom stereocenters. The first-order valence-electron chi connectivity index (χ1n) is 9.74. The second-order valence-electron chi connectivity index (χ2n) is 6.97. The molecule has 6 heteroatoms. The number of benzene rings is 2. The lowest BCUT2D eigenvalue weighted by atomic mass is 10.1. The maximum absolute atomic E-state index is 12.7. The summed E-state index contributed by atoms with van der Waals surface area (Å²) < 4.78 is 11.6. The van der Waals surface area contributed by atoms with Gasteiger partial charge in [-0.3, -0.25) is 9.59 Å². The molecule has 0 aliphatic carbocycles. The summed E-state index contributed by atoms with van der Waals surface area (Å²) in [6.07, 6.45) is 2.62. The second-order valence-corrected chi connectivity index (χ2v) is 6.97. The van der Waals surface area contributed by atoms with Crippen molar-refractivity contribution in [2.75, 3.05) is 6.61 Å². The Morgan fingerprint density at radius 1 is 1.24 bits per heavy atom. The summed E-state index contributed by atoms with van der Waals surface area (Å²) in [7, 11) is 0. The van der Waals surface area contributed by atoms with Crippen molar-refractivity contribution in [1.82, 2.24) is 10.6 Å². The highest BCUT2D eigenvalue weighted by atomic mass is 16.5. The molecule has 0 aromatic heterocycles. The van der Waals surface area contributed by atoms with Gasteiger partial charge in [0.1, 0.15) is 23.3 Å². The minimum atomic E-state index is -0.374. The van der Waals surface area contributed by atoms with Crippen molar-refractivity contribution >= 4 is 17.9 Å². The zero-order valence-electron chi connectivity index (χ0n) is 17.0. The normalized spacial score (nSPS) is 15.3. The van der Waals surface area contributed by atoms with Gasteiger partial charge in [0, 0.05) is 31.0 Å². The zero-order chi connectivity index (χ0) is 20.8. The summed E-state index contributed by atoms with van der Waals surface area (Å²) in [4.78, 5) is 24.3. The van der Waals surface area contributed by atoms with Crippen LogP contribution in [-0.2, 0) is 22.6 Å². The van der Waals surface area contributed by atoms with Crippen molar-refractivity contribution in [3.63, 3.8) is 0 Å². The largest absolute Gasteiger partial charge is 0.494 e. The highest BCUT2D eigenvalue weighted by Gasteiger charge is 2.22. The molecule has 3 rings (SSSR count). The number of hydrogen-bond donors (Lipinski definition) is 2. The van der Waals surface area contributed by atoms with Crippen LogP contribution in [0.15, 0.2) is 48.2 Å². The Bertz CT molecular complexity index is 922. The van der Waals surface area contributed by atoms with Gasteiger partial charge >= 0.3 is 0 Å². The lowest BCUT2D eigenvalue weighted by molar-refractivity contribution is -0.122. The van der Waals surface area contributed by atoms with E-state index in [1.54, 1.807) is 6.08 Å². The standard InChI is InChI=1S/C23H26N2O4/c1-4-28-21-12-18-10-15(2)29-22(18)13-19(21)14-24-23(27)20(25-16(3)26)11-17-8-6-5-7-9-17/h5-9,11-13,15H,4,10,14H2,1-3H3,(H,24,27)(H,25,26)/b20-11-/t15-/m0/s1. The molecule has 1 aliphatic heterocycles. The maximum atomic E-state index is 12.7. The minimum absolute atomic E-state index is 0.129. The van der Waals surface area contributed by atoms with Crippen molar-refractivity contribution in [2.24, 2.45) is 0 Å². The number of carbonyl (C=O) groups excluding carboxylic acids is 2. The lowest BCUT2D eigenvalue weighted by Crippen LogP contribution is -2.33. The summed E-state index contributed by atoms with van der Waals surface area (Å²) in [5, 5.41) is 5.47. The number of ether oxygens (including phenoxy) is 2. The molecule has 0 radical (unpaired) electrons. The van der Waals surface area contributed by atoms with E-state index in [0.29, 0.717) is 6.61 Å². The molecule has 2 aromatic rings. The number of carbonyl (C=O) groups is 2. The molecule has 0 saturated carbocycles. The van der Waals surface area contributed by atoms with Crippen LogP contribution in [0.3, 0.4) is 0 Å². The van der Waals surface area contributed by atoms with Crippen LogP contribution in [0.2, 0.25) is 0 Å². The Hall–Kier alpha value is -3.28. The number of rotatable bonds is 7. The van der Waals surface area contributed by atoms with Crippen molar-refractivity contribution in [3.8, 4) is 11.5 Å². The molecule has 0 bridgehead atoms. The van der Waals surface area contributed by atoms with Gasteiger partial charge in [-0.05, 0) is 37.6 Å². The average Bonchev–Trinajstić information content (AvgIpc) is 3.05. The predicted molar refractivity (Wildman–Crippen MR) is 111 cm³/mol. The van der Waals surface area contributed by atoms with Crippen LogP contribution in [0.1, 0.15) is 37.5 Å². The van der Waals surface area contributed by atoms with Crippen LogP contribution in [0, 0.1) is 0 Å². The van der Waals surface area contributed by atoms with Gasteiger partial charge in [0.05, 0.1) is 6.61 Å². The van der Waals surface area contributed by atoms with E-state index in [0.717, 1.165) is 34.6 Å². The van der Waals surface area contributed by atoms with Crippen molar-refractivity contribution < 1.29 is 19.1 Å². The van der Waals surface area contributed by atoms with Gasteiger partial charge < -0.3 is 20.1 Å². The molecule has 6 nitrogen and oxygen atoms in total. The van der Waals surface area contributed by atoms with E-state index in [4.69, 9.17) is 9.47 Å². The second kappa shape index (κ2) is 9.28. The third-order valence-electron chi connectivity index (χ3n) is 4.48. The van der Waals surface area contributed by atoms with E-state index in [1.165, 1.54) is 6.92 Å². The number of nitrogens with one attached hydrogen (secondary N) is 2. The van der Waals surface area contributed by atoms with Gasteiger partial charge in [-0.25, -0.2) is 0 Å². The first-order valence-corrected chi connectivity index (χ1v) is 9.74. The fourth-order valence-electron chi connectivity index (χ4n) is 3.24. The quantitative estimate of drug-likeness (QED) is 0.707. The first kappa shape index (κ1) is 20.5. The number of hydrogen-bond acceptors (Lipinski definition) is 4. The van der Waals surface area contributed by atoms with E-state index in [9.17, 15) is 9.59 Å². The summed E-state index contributed by atoms with van der Waals surface area (Å²) in [6, 6.07) is 13.3. The Balaban J connectivity index is 1.78. The van der Waals surface area contributed by atoms with Gasteiger partial charge in [0.2, 0.25) is 5.91 Å². The maximum Gasteiger partial charge on any atom is 0.268 e. The molecule has 152 valence electrons. The Morgan fingerprint density at radius 2 is 2.00 bits per heavy atom. The van der Waals surface area contributed by atoms with Gasteiger partial charge in [0.15, 0.2) is 0 Å². The van der Waals surface area contributed by atoms with Crippen LogP contribution in [0.25, 0.3) is 6.08 Å². The molecule has 2 N–H and O–H groups in total. The van der Waals surface area contributed by atoms with Crippen molar-refractivity contribution in [1.29, 1.82) is 0 Å². The third-order valence-corrected chi connectivity index (χ3v) is 4.48. The SMILES string of the molecule is CCOc1cc2c(cc1CNC(=O)/C(=C/c1ccccc1)NC(C)=O)O[C@@H](C)C2. The van der Waals surface area contributed by atoms with Crippen molar-refractivity contribution in [3.05, 3.63) is 64.9 Å². The average molecular weight is 394 g/mol. The molecule has 2 aromatic carbocycles. The fraction of sp³-hybridized carbons (Fsp3) is 0.304. The molecule has 2 amide bonds. The minimum Gasteiger partial charge on any atom is -0.494 e. The summed E-state index contributed by atoms with van der Waals surface area (Å²) in [5.41, 5.74) is 2.95. The van der Waals surface area contributed by atoms with E-state index >= 15 is 0 Å². The van der Waals surface area contributed by atoms with Crippen molar-refractivity contribution in [2.45, 2.75) is 39.8 Å². The highest BCUT2D eigenvalue weighted by Crippen LogP contribution is 2.35. The van der Waals surface area contributed by atoms with Gasteiger partial charge in [0.25, 0.3) is 5.91 Å². The van der Waals surface area contributed by atoms with Crippen LogP contribution in [0.4, 0.5) is 0 Å². The van der Waals surface area contributed by atoms with Gasteiger partial charge in [-0.1, -0.05) is 30.3 Å². The van der Waals surface area contributed by atoms with Crippen LogP contribution >= 0.6 is 0 Å². The van der Waals surface area contributed by atoms with E-state index in [1.807, 2.05) is 56.3 Å². The number of amides is 2. The molecule has 0 spiro atoms. The number of fused-ring (bicyclic) bond motifs is 1. The topological polar surface area (TPSA) is 76.7 Å². The summed E-state index contributed by atoms with van der Waals surface area (Å²) in [5.74, 6) is 0.878. The molecule has 1 heterocycles. The molecule has 1 aliphatic rings. The first-order chi connectivity index (χ1) is 14.0. The molecular formula is C23H26N2O4. The Morgan fingerprint density at radius 3 is 2.69 bits per heavy atom. The Kier molecular flexibility index (Phi) is 6.54. The lowest BCUT2D eigenvalue weighted by Gasteiger charge is -2.14. The molecule has 29 heavy (non-hydrogen) atoms. The highest BCUT2D eigenvalue weighted by molar-refractivity contribution is 6.00. The zero-order valence-corrected chi connectivity index (χ0v) is 17.0. The summed E-state index contributed by atoms with van der Waals surface area (Å²) in [6.45, 7) is 6.10. The van der Waals surface area contributed by atoms with Crippen LogP contribution < -0.4 is 20.1 Å². The van der Waals surface area contributed by atoms with E-state index in [-0.39, 0.29) is 30.2 Å². The van der Waals surface area contributed by atoms with E-state index < -0.39 is 0 Å². The third kappa shape index (κ3) is 5.38. The van der Waals surface area contributed by atoms with Gasteiger partial charge in [-0.2, -0.15) is 0 Å². The van der Waals surface area contributed by atoms with Crippen LogP contribution in [-0.4, -0.2) is 24.5 Å². The Labute approximate surface area is 170 Å². The monoisotopic (exact) mass is 394 g/mol. The molecule has 0 saturated heterocycles. The molecule has 1 atom stereocenters. The smallest absolute Gasteiger partial charge is 0.268 e. The van der Waals surface area contributed by atoms with E-state index in [2.05, 4.69) is 10.6 Å². The fourth-order valence-corrected chi connectivity index (χ4v) is 3.24. The molecular weight excluding hydrogens is 368 g/mol. The van der Waals surface area contributed by atoms with Gasteiger partial charge in [-0.15, -0.1) is 0 Å². The van der Waals surface area contributed by atoms with Crippen LogP contribution in [0.5, 0.6) is 11.5 Å².